The van der Waals surface area contributed by atoms with Crippen LogP contribution < -0.4 is 25.3 Å². The lowest BCUT2D eigenvalue weighted by atomic mass is 9.99. The lowest BCUT2D eigenvalue weighted by Gasteiger charge is -2.37. The standard InChI is InChI=1S/C26H37N7OS/c1-20-9-11-32(12-10-20)23-18-24(33-15-13-31(14-16-33)21-6-3-2-4-7-21)29-25(28-23)30-26(35)27-19-22-8-5-17-34-22/h2-4,6-7,18,20,22H,5,8-17,19H2,1H3,(H2,27,28,29,30,35)/t22-/m1/s1. The lowest BCUT2D eigenvalue weighted by Crippen LogP contribution is -2.47. The van der Waals surface area contributed by atoms with E-state index in [1.807, 2.05) is 0 Å². The topological polar surface area (TPSA) is 68.8 Å². The fourth-order valence-electron chi connectivity index (χ4n) is 5.03. The number of rotatable bonds is 6. The smallest absolute Gasteiger partial charge is 0.232 e. The van der Waals surface area contributed by atoms with E-state index < -0.39 is 0 Å². The van der Waals surface area contributed by atoms with Gasteiger partial charge in [-0.2, -0.15) is 9.97 Å². The molecule has 0 unspecified atom stereocenters. The van der Waals surface area contributed by atoms with Crippen LogP contribution in [0.15, 0.2) is 36.4 Å². The molecule has 0 spiro atoms. The van der Waals surface area contributed by atoms with Gasteiger partial charge in [-0.1, -0.05) is 25.1 Å². The third-order valence-electron chi connectivity index (χ3n) is 7.27. The minimum Gasteiger partial charge on any atom is -0.376 e. The summed E-state index contributed by atoms with van der Waals surface area (Å²) < 4.78 is 5.70. The molecule has 9 heteroatoms. The maximum Gasteiger partial charge on any atom is 0.232 e. The Bertz CT molecular complexity index is 969. The molecule has 4 heterocycles. The summed E-state index contributed by atoms with van der Waals surface area (Å²) >= 11 is 5.56. The highest BCUT2D eigenvalue weighted by Crippen LogP contribution is 2.27. The summed E-state index contributed by atoms with van der Waals surface area (Å²) in [5.74, 6) is 3.28. The van der Waals surface area contributed by atoms with Crippen LogP contribution in [0.4, 0.5) is 23.3 Å². The Hall–Kier alpha value is -2.65. The highest BCUT2D eigenvalue weighted by atomic mass is 32.1. The van der Waals surface area contributed by atoms with Crippen molar-refractivity contribution in [3.8, 4) is 0 Å². The van der Waals surface area contributed by atoms with Crippen molar-refractivity contribution in [2.75, 3.05) is 72.4 Å². The van der Waals surface area contributed by atoms with Gasteiger partial charge in [-0.15, -0.1) is 0 Å². The molecule has 2 aromatic rings. The van der Waals surface area contributed by atoms with Crippen LogP contribution in [0.5, 0.6) is 0 Å². The molecule has 1 aromatic carbocycles. The molecule has 3 aliphatic rings. The highest BCUT2D eigenvalue weighted by Gasteiger charge is 2.23. The lowest BCUT2D eigenvalue weighted by molar-refractivity contribution is 0.114. The summed E-state index contributed by atoms with van der Waals surface area (Å²) in [7, 11) is 0. The number of para-hydroxylation sites is 1. The Morgan fingerprint density at radius 1 is 0.943 bits per heavy atom. The molecule has 5 rings (SSSR count). The molecular weight excluding hydrogens is 458 g/mol. The maximum atomic E-state index is 5.70. The van der Waals surface area contributed by atoms with Gasteiger partial charge < -0.3 is 30.1 Å². The van der Waals surface area contributed by atoms with Gasteiger partial charge in [0.1, 0.15) is 11.6 Å². The summed E-state index contributed by atoms with van der Waals surface area (Å²) in [5.41, 5.74) is 1.28. The van der Waals surface area contributed by atoms with Crippen LogP contribution in [0.1, 0.15) is 32.6 Å². The summed E-state index contributed by atoms with van der Waals surface area (Å²) in [4.78, 5) is 16.9. The van der Waals surface area contributed by atoms with Crippen molar-refractivity contribution in [2.24, 2.45) is 5.92 Å². The number of nitrogens with one attached hydrogen (secondary N) is 2. The van der Waals surface area contributed by atoms with E-state index in [4.69, 9.17) is 26.9 Å². The molecule has 0 amide bonds. The van der Waals surface area contributed by atoms with Gasteiger partial charge in [0.15, 0.2) is 5.11 Å². The molecule has 188 valence electrons. The summed E-state index contributed by atoms with van der Waals surface area (Å²) in [6.45, 7) is 9.72. The van der Waals surface area contributed by atoms with Gasteiger partial charge in [0.25, 0.3) is 0 Å². The van der Waals surface area contributed by atoms with E-state index in [1.54, 1.807) is 0 Å². The zero-order valence-electron chi connectivity index (χ0n) is 20.7. The number of piperazine rings is 1. The zero-order valence-corrected chi connectivity index (χ0v) is 21.5. The fourth-order valence-corrected chi connectivity index (χ4v) is 5.20. The zero-order chi connectivity index (χ0) is 24.0. The monoisotopic (exact) mass is 495 g/mol. The molecule has 3 saturated heterocycles. The molecular formula is C26H37N7OS. The van der Waals surface area contributed by atoms with Crippen LogP contribution in [-0.2, 0) is 4.74 Å². The first-order valence-electron chi connectivity index (χ1n) is 13.0. The second-order valence-corrected chi connectivity index (χ2v) is 10.3. The Morgan fingerprint density at radius 2 is 1.60 bits per heavy atom. The molecule has 0 radical (unpaired) electrons. The predicted octanol–water partition coefficient (Wildman–Crippen LogP) is 3.50. The van der Waals surface area contributed by atoms with E-state index in [2.05, 4.69) is 68.7 Å². The number of benzene rings is 1. The van der Waals surface area contributed by atoms with Crippen LogP contribution in [0.3, 0.4) is 0 Å². The Kier molecular flexibility index (Phi) is 7.83. The van der Waals surface area contributed by atoms with Gasteiger partial charge in [0, 0.05) is 64.2 Å². The number of ether oxygens (including phenoxy) is 1. The second-order valence-electron chi connectivity index (χ2n) is 9.86. The quantitative estimate of drug-likeness (QED) is 0.586. The molecule has 3 fully saturated rings. The van der Waals surface area contributed by atoms with Crippen LogP contribution >= 0.6 is 12.2 Å². The van der Waals surface area contributed by atoms with Crippen LogP contribution in [0.2, 0.25) is 0 Å². The van der Waals surface area contributed by atoms with E-state index in [1.165, 1.54) is 18.5 Å². The van der Waals surface area contributed by atoms with Crippen molar-refractivity contribution in [1.29, 1.82) is 0 Å². The van der Waals surface area contributed by atoms with Gasteiger partial charge in [-0.05, 0) is 56.0 Å². The Morgan fingerprint density at radius 3 is 2.26 bits per heavy atom. The van der Waals surface area contributed by atoms with E-state index in [9.17, 15) is 0 Å². The number of nitrogens with zero attached hydrogens (tertiary/aromatic N) is 5. The fraction of sp³-hybridized carbons (Fsp3) is 0.577. The summed E-state index contributed by atoms with van der Waals surface area (Å²) in [6.07, 6.45) is 4.81. The largest absolute Gasteiger partial charge is 0.376 e. The van der Waals surface area contributed by atoms with Crippen molar-refractivity contribution in [3.05, 3.63) is 36.4 Å². The van der Waals surface area contributed by atoms with Gasteiger partial charge in [-0.3, -0.25) is 0 Å². The van der Waals surface area contributed by atoms with Crippen LogP contribution in [0, 0.1) is 5.92 Å². The number of anilines is 4. The minimum absolute atomic E-state index is 0.230. The number of aromatic nitrogens is 2. The SMILES string of the molecule is CC1CCN(c2cc(N3CCN(c4ccccc4)CC3)nc(NC(=S)NC[C@H]3CCCO3)n2)CC1. The summed E-state index contributed by atoms with van der Waals surface area (Å²) in [6, 6.07) is 12.8. The van der Waals surface area contributed by atoms with Crippen LogP contribution in [-0.4, -0.2) is 73.6 Å². The van der Waals surface area contributed by atoms with E-state index in [0.29, 0.717) is 17.6 Å². The van der Waals surface area contributed by atoms with Crippen molar-refractivity contribution in [3.63, 3.8) is 0 Å². The van der Waals surface area contributed by atoms with E-state index >= 15 is 0 Å². The van der Waals surface area contributed by atoms with Gasteiger partial charge in [0.05, 0.1) is 6.10 Å². The molecule has 3 aliphatic heterocycles. The Labute approximate surface area is 214 Å². The first-order valence-corrected chi connectivity index (χ1v) is 13.4. The Balaban J connectivity index is 1.28. The second kappa shape index (κ2) is 11.4. The normalized spacial score (nSPS) is 21.3. The number of piperidine rings is 1. The molecule has 1 atom stereocenters. The average Bonchev–Trinajstić information content (AvgIpc) is 3.42. The first-order chi connectivity index (χ1) is 17.1. The maximum absolute atomic E-state index is 5.70. The van der Waals surface area contributed by atoms with Gasteiger partial charge >= 0.3 is 0 Å². The van der Waals surface area contributed by atoms with Gasteiger partial charge in [-0.25, -0.2) is 0 Å². The van der Waals surface area contributed by atoms with Crippen molar-refractivity contribution in [1.82, 2.24) is 15.3 Å². The molecule has 2 N–H and O–H groups in total. The molecule has 0 saturated carbocycles. The third-order valence-corrected chi connectivity index (χ3v) is 7.52. The highest BCUT2D eigenvalue weighted by molar-refractivity contribution is 7.80. The number of hydrogen-bond acceptors (Lipinski definition) is 7. The predicted molar refractivity (Wildman–Crippen MR) is 147 cm³/mol. The van der Waals surface area contributed by atoms with Crippen molar-refractivity contribution in [2.45, 2.75) is 38.7 Å². The number of thiocarbonyl (C=S) groups is 1. The first kappa shape index (κ1) is 24.1. The average molecular weight is 496 g/mol. The van der Waals surface area contributed by atoms with E-state index in [0.717, 1.165) is 76.3 Å². The molecule has 8 nitrogen and oxygen atoms in total. The van der Waals surface area contributed by atoms with Gasteiger partial charge in [0.2, 0.25) is 5.95 Å². The van der Waals surface area contributed by atoms with Crippen molar-refractivity contribution < 1.29 is 4.74 Å². The van der Waals surface area contributed by atoms with Crippen LogP contribution in [0.25, 0.3) is 0 Å². The third kappa shape index (κ3) is 6.32. The molecule has 0 bridgehead atoms. The van der Waals surface area contributed by atoms with Crippen molar-refractivity contribution >= 4 is 40.6 Å². The minimum atomic E-state index is 0.230. The summed E-state index contributed by atoms with van der Waals surface area (Å²) in [5, 5.41) is 7.08. The van der Waals surface area contributed by atoms with E-state index in [-0.39, 0.29) is 6.10 Å². The molecule has 0 aliphatic carbocycles. The number of hydrogen-bond donors (Lipinski definition) is 2. The molecule has 35 heavy (non-hydrogen) atoms. The molecule has 1 aromatic heterocycles.